The highest BCUT2D eigenvalue weighted by atomic mass is 16.5. The van der Waals surface area contributed by atoms with Crippen molar-refractivity contribution in [3.05, 3.63) is 0 Å². The lowest BCUT2D eigenvalue weighted by Crippen LogP contribution is -2.43. The SMILES string of the molecule is CC(C)(C)C1CC2COCC2CC1C(C)(C)C. The van der Waals surface area contributed by atoms with E-state index < -0.39 is 0 Å². The largest absolute Gasteiger partial charge is 0.381 e. The molecule has 0 aromatic rings. The van der Waals surface area contributed by atoms with Gasteiger partial charge in [-0.25, -0.2) is 0 Å². The first-order valence-electron chi connectivity index (χ1n) is 7.27. The van der Waals surface area contributed by atoms with Crippen LogP contribution in [-0.2, 0) is 4.74 Å². The van der Waals surface area contributed by atoms with Crippen LogP contribution in [0, 0.1) is 34.5 Å². The van der Waals surface area contributed by atoms with Crippen molar-refractivity contribution in [2.75, 3.05) is 13.2 Å². The predicted molar refractivity (Wildman–Crippen MR) is 72.9 cm³/mol. The molecule has 100 valence electrons. The average Bonchev–Trinajstić information content (AvgIpc) is 2.59. The molecule has 17 heavy (non-hydrogen) atoms. The van der Waals surface area contributed by atoms with Crippen molar-refractivity contribution in [2.24, 2.45) is 34.5 Å². The van der Waals surface area contributed by atoms with E-state index in [0.717, 1.165) is 36.9 Å². The molecular weight excluding hydrogens is 208 g/mol. The standard InChI is InChI=1S/C16H30O/c1-15(2,3)13-7-11-9-17-10-12(11)8-14(13)16(4,5)6/h11-14H,7-10H2,1-6H3. The van der Waals surface area contributed by atoms with Crippen LogP contribution in [0.3, 0.4) is 0 Å². The van der Waals surface area contributed by atoms with Gasteiger partial charge in [0.25, 0.3) is 0 Å². The Hall–Kier alpha value is -0.0400. The van der Waals surface area contributed by atoms with E-state index in [-0.39, 0.29) is 0 Å². The number of rotatable bonds is 0. The maximum Gasteiger partial charge on any atom is 0.0498 e. The minimum absolute atomic E-state index is 0.436. The molecule has 0 radical (unpaired) electrons. The van der Waals surface area contributed by atoms with Crippen molar-refractivity contribution in [3.8, 4) is 0 Å². The van der Waals surface area contributed by atoms with Crippen molar-refractivity contribution in [1.82, 2.24) is 0 Å². The van der Waals surface area contributed by atoms with E-state index in [0.29, 0.717) is 10.8 Å². The lowest BCUT2D eigenvalue weighted by Gasteiger charge is -2.50. The fourth-order valence-corrected chi connectivity index (χ4v) is 4.06. The molecule has 1 aliphatic carbocycles. The third-order valence-corrected chi connectivity index (χ3v) is 5.15. The molecule has 1 heterocycles. The van der Waals surface area contributed by atoms with E-state index in [1.54, 1.807) is 0 Å². The summed E-state index contributed by atoms with van der Waals surface area (Å²) < 4.78 is 5.71. The van der Waals surface area contributed by atoms with E-state index >= 15 is 0 Å². The zero-order valence-corrected chi connectivity index (χ0v) is 12.5. The molecule has 1 aliphatic heterocycles. The normalized spacial score (nSPS) is 39.2. The number of hydrogen-bond donors (Lipinski definition) is 0. The summed E-state index contributed by atoms with van der Waals surface area (Å²) in [7, 11) is 0. The maximum atomic E-state index is 5.71. The van der Waals surface area contributed by atoms with Crippen molar-refractivity contribution >= 4 is 0 Å². The molecule has 2 fully saturated rings. The van der Waals surface area contributed by atoms with Crippen LogP contribution in [0.4, 0.5) is 0 Å². The molecule has 0 aromatic carbocycles. The summed E-state index contributed by atoms with van der Waals surface area (Å²) in [6.07, 6.45) is 2.77. The smallest absolute Gasteiger partial charge is 0.0498 e. The molecule has 0 bridgehead atoms. The first-order chi connectivity index (χ1) is 7.69. The second-order valence-electron chi connectivity index (χ2n) is 8.47. The Morgan fingerprint density at radius 3 is 1.35 bits per heavy atom. The molecule has 1 heteroatoms. The predicted octanol–water partition coefficient (Wildman–Crippen LogP) is 4.37. The first-order valence-corrected chi connectivity index (χ1v) is 7.27. The summed E-state index contributed by atoms with van der Waals surface area (Å²) in [4.78, 5) is 0. The van der Waals surface area contributed by atoms with Crippen LogP contribution in [0.5, 0.6) is 0 Å². The summed E-state index contributed by atoms with van der Waals surface area (Å²) in [5.41, 5.74) is 0.872. The zero-order chi connectivity index (χ0) is 12.8. The molecule has 4 atom stereocenters. The van der Waals surface area contributed by atoms with Gasteiger partial charge < -0.3 is 4.74 Å². The summed E-state index contributed by atoms with van der Waals surface area (Å²) in [6.45, 7) is 16.6. The van der Waals surface area contributed by atoms with Crippen LogP contribution >= 0.6 is 0 Å². The van der Waals surface area contributed by atoms with Gasteiger partial charge in [-0.1, -0.05) is 41.5 Å². The van der Waals surface area contributed by atoms with Crippen LogP contribution in [0.1, 0.15) is 54.4 Å². The summed E-state index contributed by atoms with van der Waals surface area (Å²) in [5.74, 6) is 3.39. The fourth-order valence-electron chi connectivity index (χ4n) is 4.06. The number of hydrogen-bond acceptors (Lipinski definition) is 1. The van der Waals surface area contributed by atoms with Gasteiger partial charge in [-0.3, -0.25) is 0 Å². The lowest BCUT2D eigenvalue weighted by molar-refractivity contribution is -0.00387. The van der Waals surface area contributed by atoms with E-state index in [2.05, 4.69) is 41.5 Å². The molecule has 1 saturated carbocycles. The third-order valence-electron chi connectivity index (χ3n) is 5.15. The van der Waals surface area contributed by atoms with Gasteiger partial charge in [0.2, 0.25) is 0 Å². The van der Waals surface area contributed by atoms with E-state index in [1.165, 1.54) is 12.8 Å². The molecule has 1 nitrogen and oxygen atoms in total. The molecule has 0 spiro atoms. The summed E-state index contributed by atoms with van der Waals surface area (Å²) in [6, 6.07) is 0. The highest BCUT2D eigenvalue weighted by Gasteiger charge is 2.47. The van der Waals surface area contributed by atoms with Crippen molar-refractivity contribution < 1.29 is 4.74 Å². The molecular formula is C16H30O. The monoisotopic (exact) mass is 238 g/mol. The van der Waals surface area contributed by atoms with Crippen molar-refractivity contribution in [3.63, 3.8) is 0 Å². The summed E-state index contributed by atoms with van der Waals surface area (Å²) >= 11 is 0. The quantitative estimate of drug-likeness (QED) is 0.609. The van der Waals surface area contributed by atoms with Gasteiger partial charge in [-0.05, 0) is 47.3 Å². The first kappa shape index (κ1) is 13.4. The van der Waals surface area contributed by atoms with Gasteiger partial charge in [0.15, 0.2) is 0 Å². The Bertz CT molecular complexity index is 240. The maximum absolute atomic E-state index is 5.71. The molecule has 0 aromatic heterocycles. The Morgan fingerprint density at radius 2 is 1.06 bits per heavy atom. The van der Waals surface area contributed by atoms with Gasteiger partial charge in [-0.2, -0.15) is 0 Å². The highest BCUT2D eigenvalue weighted by Crippen LogP contribution is 2.53. The zero-order valence-electron chi connectivity index (χ0n) is 12.5. The van der Waals surface area contributed by atoms with Gasteiger partial charge >= 0.3 is 0 Å². The Kier molecular flexibility index (Phi) is 3.36. The highest BCUT2D eigenvalue weighted by molar-refractivity contribution is 4.96. The van der Waals surface area contributed by atoms with Crippen LogP contribution < -0.4 is 0 Å². The van der Waals surface area contributed by atoms with Gasteiger partial charge in [0.1, 0.15) is 0 Å². The van der Waals surface area contributed by atoms with E-state index in [9.17, 15) is 0 Å². The lowest BCUT2D eigenvalue weighted by atomic mass is 9.55. The van der Waals surface area contributed by atoms with Crippen molar-refractivity contribution in [1.29, 1.82) is 0 Å². The van der Waals surface area contributed by atoms with Gasteiger partial charge in [-0.15, -0.1) is 0 Å². The van der Waals surface area contributed by atoms with E-state index in [4.69, 9.17) is 4.74 Å². The Labute approximate surface area is 107 Å². The topological polar surface area (TPSA) is 9.23 Å². The minimum Gasteiger partial charge on any atom is -0.381 e. The van der Waals surface area contributed by atoms with E-state index in [1.807, 2.05) is 0 Å². The Balaban J connectivity index is 2.21. The molecule has 2 rings (SSSR count). The number of fused-ring (bicyclic) bond motifs is 1. The Morgan fingerprint density at radius 1 is 0.706 bits per heavy atom. The van der Waals surface area contributed by atoms with Crippen LogP contribution in [-0.4, -0.2) is 13.2 Å². The second kappa shape index (κ2) is 4.26. The molecule has 4 unspecified atom stereocenters. The second-order valence-corrected chi connectivity index (χ2v) is 8.47. The van der Waals surface area contributed by atoms with Crippen LogP contribution in [0.15, 0.2) is 0 Å². The third kappa shape index (κ3) is 2.70. The van der Waals surface area contributed by atoms with Gasteiger partial charge in [0.05, 0.1) is 0 Å². The molecule has 0 amide bonds. The molecule has 1 saturated heterocycles. The van der Waals surface area contributed by atoms with Gasteiger partial charge in [0, 0.05) is 13.2 Å². The fraction of sp³-hybridized carbons (Fsp3) is 1.00. The van der Waals surface area contributed by atoms with Crippen LogP contribution in [0.2, 0.25) is 0 Å². The summed E-state index contributed by atoms with van der Waals surface area (Å²) in [5, 5.41) is 0. The minimum atomic E-state index is 0.436. The van der Waals surface area contributed by atoms with Crippen molar-refractivity contribution in [2.45, 2.75) is 54.4 Å². The van der Waals surface area contributed by atoms with Crippen LogP contribution in [0.25, 0.3) is 0 Å². The number of ether oxygens (including phenoxy) is 1. The molecule has 0 N–H and O–H groups in total. The molecule has 2 aliphatic rings. The average molecular weight is 238 g/mol.